The summed E-state index contributed by atoms with van der Waals surface area (Å²) in [6.07, 6.45) is 8.62. The lowest BCUT2D eigenvalue weighted by atomic mass is 9.97. The van der Waals surface area contributed by atoms with Crippen LogP contribution in [0.25, 0.3) is 0 Å². The van der Waals surface area contributed by atoms with Crippen LogP contribution in [-0.2, 0) is 0 Å². The molecule has 5 nitrogen and oxygen atoms in total. The van der Waals surface area contributed by atoms with Crippen LogP contribution < -0.4 is 15.4 Å². The maximum absolute atomic E-state index is 5.25. The molecule has 25 heavy (non-hydrogen) atoms. The van der Waals surface area contributed by atoms with E-state index in [9.17, 15) is 0 Å². The van der Waals surface area contributed by atoms with Crippen LogP contribution in [0.1, 0.15) is 37.8 Å². The van der Waals surface area contributed by atoms with E-state index in [1.165, 1.54) is 25.7 Å². The third-order valence-electron chi connectivity index (χ3n) is 4.32. The fourth-order valence-corrected chi connectivity index (χ4v) is 3.03. The highest BCUT2D eigenvalue weighted by Crippen LogP contribution is 2.22. The molecule has 0 amide bonds. The van der Waals surface area contributed by atoms with E-state index in [2.05, 4.69) is 26.7 Å². The summed E-state index contributed by atoms with van der Waals surface area (Å²) in [5.74, 6) is 2.25. The zero-order chi connectivity index (χ0) is 17.5. The van der Waals surface area contributed by atoms with Crippen LogP contribution in [0.3, 0.4) is 0 Å². The van der Waals surface area contributed by atoms with Crippen LogP contribution in [0.5, 0.6) is 5.75 Å². The largest absolute Gasteiger partial charge is 0.497 e. The van der Waals surface area contributed by atoms with Crippen LogP contribution in [0.15, 0.2) is 42.0 Å². The Morgan fingerprint density at radius 3 is 2.88 bits per heavy atom. The molecule has 3 rings (SSSR count). The summed E-state index contributed by atoms with van der Waals surface area (Å²) in [6, 6.07) is 9.72. The standard InChI is InChI=1S/C20H26N4O/c1-15-13-19(21-12-11-16-7-4-3-5-8-16)24-20(22-15)23-17-9-6-10-18(14-17)25-2/h6-7,9-10,13-14H,3-5,8,11-12H2,1-2H3,(H2,21,22,23,24). The fourth-order valence-electron chi connectivity index (χ4n) is 3.03. The normalized spacial score (nSPS) is 13.9. The lowest BCUT2D eigenvalue weighted by Crippen LogP contribution is -2.08. The highest BCUT2D eigenvalue weighted by Gasteiger charge is 2.06. The predicted molar refractivity (Wildman–Crippen MR) is 103 cm³/mol. The number of benzene rings is 1. The van der Waals surface area contributed by atoms with Gasteiger partial charge in [-0.05, 0) is 51.2 Å². The molecule has 1 aromatic heterocycles. The summed E-state index contributed by atoms with van der Waals surface area (Å²) in [5, 5.41) is 6.67. The van der Waals surface area contributed by atoms with E-state index in [1.54, 1.807) is 12.7 Å². The Labute approximate surface area is 149 Å². The minimum Gasteiger partial charge on any atom is -0.497 e. The van der Waals surface area contributed by atoms with Crippen molar-refractivity contribution in [1.29, 1.82) is 0 Å². The van der Waals surface area contributed by atoms with Crippen LogP contribution in [0.2, 0.25) is 0 Å². The molecule has 0 radical (unpaired) electrons. The second kappa shape index (κ2) is 8.51. The molecule has 2 N–H and O–H groups in total. The number of aromatic nitrogens is 2. The molecule has 1 aliphatic rings. The molecule has 1 aliphatic carbocycles. The van der Waals surface area contributed by atoms with Crippen LogP contribution in [0, 0.1) is 6.92 Å². The van der Waals surface area contributed by atoms with Gasteiger partial charge < -0.3 is 15.4 Å². The molecule has 0 spiro atoms. The lowest BCUT2D eigenvalue weighted by molar-refractivity contribution is 0.415. The SMILES string of the molecule is COc1cccc(Nc2nc(C)cc(NCCC3=CCCCC3)n2)c1. The van der Waals surface area contributed by atoms with Crippen LogP contribution >= 0.6 is 0 Å². The monoisotopic (exact) mass is 338 g/mol. The van der Waals surface area contributed by atoms with Gasteiger partial charge in [0.05, 0.1) is 7.11 Å². The fraction of sp³-hybridized carbons (Fsp3) is 0.400. The zero-order valence-corrected chi connectivity index (χ0v) is 15.0. The number of hydrogen-bond acceptors (Lipinski definition) is 5. The van der Waals surface area contributed by atoms with Crippen molar-refractivity contribution in [3.8, 4) is 5.75 Å². The molecule has 5 heteroatoms. The number of nitrogens with zero attached hydrogens (tertiary/aromatic N) is 2. The molecule has 132 valence electrons. The number of methoxy groups -OCH3 is 1. The van der Waals surface area contributed by atoms with E-state index in [-0.39, 0.29) is 0 Å². The van der Waals surface area contributed by atoms with Gasteiger partial charge in [0, 0.05) is 30.1 Å². The summed E-state index contributed by atoms with van der Waals surface area (Å²) in [6.45, 7) is 2.88. The first kappa shape index (κ1) is 17.3. The molecule has 1 heterocycles. The first-order valence-electron chi connectivity index (χ1n) is 8.91. The van der Waals surface area contributed by atoms with Crippen molar-refractivity contribution >= 4 is 17.5 Å². The van der Waals surface area contributed by atoms with Gasteiger partial charge in [-0.25, -0.2) is 4.98 Å². The van der Waals surface area contributed by atoms with Crippen molar-refractivity contribution in [2.24, 2.45) is 0 Å². The maximum Gasteiger partial charge on any atom is 0.229 e. The molecule has 0 saturated carbocycles. The average molecular weight is 338 g/mol. The van der Waals surface area contributed by atoms with E-state index in [0.29, 0.717) is 5.95 Å². The first-order valence-corrected chi connectivity index (χ1v) is 8.91. The molecular weight excluding hydrogens is 312 g/mol. The van der Waals surface area contributed by atoms with Crippen molar-refractivity contribution in [3.05, 3.63) is 47.7 Å². The van der Waals surface area contributed by atoms with Gasteiger partial charge in [0.25, 0.3) is 0 Å². The smallest absolute Gasteiger partial charge is 0.229 e. The molecule has 1 aromatic carbocycles. The molecule has 0 saturated heterocycles. The van der Waals surface area contributed by atoms with Gasteiger partial charge >= 0.3 is 0 Å². The Balaban J connectivity index is 1.62. The summed E-state index contributed by atoms with van der Waals surface area (Å²) in [7, 11) is 1.66. The predicted octanol–water partition coefficient (Wildman–Crippen LogP) is 4.84. The molecular formula is C20H26N4O. The lowest BCUT2D eigenvalue weighted by Gasteiger charge is -2.14. The third-order valence-corrected chi connectivity index (χ3v) is 4.32. The van der Waals surface area contributed by atoms with Gasteiger partial charge in [-0.15, -0.1) is 0 Å². The Kier molecular flexibility index (Phi) is 5.88. The number of anilines is 3. The summed E-state index contributed by atoms with van der Waals surface area (Å²) in [4.78, 5) is 9.04. The van der Waals surface area contributed by atoms with E-state index in [1.807, 2.05) is 37.3 Å². The van der Waals surface area contributed by atoms with E-state index in [4.69, 9.17) is 4.74 Å². The second-order valence-electron chi connectivity index (χ2n) is 6.36. The van der Waals surface area contributed by atoms with Gasteiger partial charge in [0.1, 0.15) is 11.6 Å². The Morgan fingerprint density at radius 1 is 1.16 bits per heavy atom. The first-order chi connectivity index (χ1) is 12.2. The zero-order valence-electron chi connectivity index (χ0n) is 15.0. The van der Waals surface area contributed by atoms with Crippen molar-refractivity contribution < 1.29 is 4.74 Å². The third kappa shape index (κ3) is 5.21. The molecule has 0 unspecified atom stereocenters. The number of aryl methyl sites for hydroxylation is 1. The quantitative estimate of drug-likeness (QED) is 0.707. The maximum atomic E-state index is 5.25. The Bertz CT molecular complexity index is 742. The second-order valence-corrected chi connectivity index (χ2v) is 6.36. The highest BCUT2D eigenvalue weighted by atomic mass is 16.5. The Hall–Kier alpha value is -2.56. The van der Waals surface area contributed by atoms with Crippen LogP contribution in [0.4, 0.5) is 17.5 Å². The number of nitrogens with one attached hydrogen (secondary N) is 2. The number of rotatable bonds is 7. The summed E-state index contributed by atoms with van der Waals surface area (Å²) >= 11 is 0. The van der Waals surface area contributed by atoms with Gasteiger partial charge in [-0.3, -0.25) is 0 Å². The topological polar surface area (TPSA) is 59.1 Å². The molecule has 0 atom stereocenters. The van der Waals surface area contributed by atoms with Gasteiger partial charge in [-0.2, -0.15) is 4.98 Å². The minimum atomic E-state index is 0.590. The molecule has 0 aliphatic heterocycles. The van der Waals surface area contributed by atoms with Crippen LogP contribution in [-0.4, -0.2) is 23.6 Å². The summed E-state index contributed by atoms with van der Waals surface area (Å²) in [5.41, 5.74) is 3.40. The number of ether oxygens (including phenoxy) is 1. The van der Waals surface area contributed by atoms with Crippen molar-refractivity contribution in [3.63, 3.8) is 0 Å². The molecule has 0 fully saturated rings. The molecule has 0 bridgehead atoms. The number of hydrogen-bond donors (Lipinski definition) is 2. The van der Waals surface area contributed by atoms with E-state index < -0.39 is 0 Å². The summed E-state index contributed by atoms with van der Waals surface area (Å²) < 4.78 is 5.25. The van der Waals surface area contributed by atoms with Crippen molar-refractivity contribution in [1.82, 2.24) is 9.97 Å². The van der Waals surface area contributed by atoms with E-state index in [0.717, 1.165) is 35.9 Å². The average Bonchev–Trinajstić information content (AvgIpc) is 2.62. The highest BCUT2D eigenvalue weighted by molar-refractivity contribution is 5.57. The molecule has 2 aromatic rings. The van der Waals surface area contributed by atoms with Crippen molar-refractivity contribution in [2.75, 3.05) is 24.3 Å². The van der Waals surface area contributed by atoms with Crippen molar-refractivity contribution in [2.45, 2.75) is 39.0 Å². The minimum absolute atomic E-state index is 0.590. The van der Waals surface area contributed by atoms with Gasteiger partial charge in [-0.1, -0.05) is 17.7 Å². The number of allylic oxidation sites excluding steroid dienone is 1. The Morgan fingerprint density at radius 2 is 2.08 bits per heavy atom. The van der Waals surface area contributed by atoms with E-state index >= 15 is 0 Å². The van der Waals surface area contributed by atoms with Gasteiger partial charge in [0.2, 0.25) is 5.95 Å². The van der Waals surface area contributed by atoms with Gasteiger partial charge in [0.15, 0.2) is 0 Å².